The number of nitrogens with one attached hydrogen (secondary N) is 1. The molecular formula is C25H29ClF3N5O3. The average Bonchev–Trinajstić information content (AvgIpc) is 2.88. The predicted molar refractivity (Wildman–Crippen MR) is 136 cm³/mol. The fraction of sp³-hybridized carbons (Fsp3) is 0.480. The van der Waals surface area contributed by atoms with Crippen molar-refractivity contribution in [2.75, 3.05) is 56.0 Å². The van der Waals surface area contributed by atoms with Crippen LogP contribution in [0.3, 0.4) is 0 Å². The van der Waals surface area contributed by atoms with Gasteiger partial charge in [-0.15, -0.1) is 0 Å². The van der Waals surface area contributed by atoms with Crippen molar-refractivity contribution in [3.63, 3.8) is 0 Å². The monoisotopic (exact) mass is 539 g/mol. The maximum absolute atomic E-state index is 13.2. The molecular weight excluding hydrogens is 511 g/mol. The Kier molecular flexibility index (Phi) is 8.43. The molecule has 2 aliphatic rings. The summed E-state index contributed by atoms with van der Waals surface area (Å²) >= 11 is 5.96. The first kappa shape index (κ1) is 27.0. The average molecular weight is 540 g/mol. The minimum absolute atomic E-state index is 0.0771. The van der Waals surface area contributed by atoms with Crippen molar-refractivity contribution in [1.82, 2.24) is 9.80 Å². The molecule has 12 heteroatoms. The normalized spacial score (nSPS) is 17.6. The molecule has 2 heterocycles. The van der Waals surface area contributed by atoms with E-state index < -0.39 is 22.4 Å². The number of carbonyl (C=O) groups is 1. The van der Waals surface area contributed by atoms with Crippen LogP contribution in [-0.2, 0) is 11.0 Å². The third-order valence-corrected chi connectivity index (χ3v) is 7.18. The van der Waals surface area contributed by atoms with Gasteiger partial charge in [-0.05, 0) is 49.2 Å². The fourth-order valence-corrected chi connectivity index (χ4v) is 4.94. The number of hydrogen-bond donors (Lipinski definition) is 1. The highest BCUT2D eigenvalue weighted by Gasteiger charge is 2.38. The molecule has 0 aromatic heterocycles. The SMILES string of the molecule is O=C(CCN1CCN(c2ccc(Cl)cc2)CC1)N1CCC(Nc2ccc([N+](=O)[O-])c(C(F)(F)F)c2)CC1. The van der Waals surface area contributed by atoms with Gasteiger partial charge in [-0.25, -0.2) is 0 Å². The molecule has 2 aromatic rings. The molecule has 0 radical (unpaired) electrons. The van der Waals surface area contributed by atoms with Crippen LogP contribution in [0.1, 0.15) is 24.8 Å². The molecule has 0 unspecified atom stereocenters. The predicted octanol–water partition coefficient (Wildman–Crippen LogP) is 4.88. The van der Waals surface area contributed by atoms with E-state index in [4.69, 9.17) is 11.6 Å². The molecule has 2 aliphatic heterocycles. The van der Waals surface area contributed by atoms with E-state index in [1.807, 2.05) is 24.3 Å². The van der Waals surface area contributed by atoms with Crippen molar-refractivity contribution in [3.05, 3.63) is 63.2 Å². The minimum Gasteiger partial charge on any atom is -0.382 e. The number of carbonyl (C=O) groups excluding carboxylic acids is 1. The summed E-state index contributed by atoms with van der Waals surface area (Å²) in [4.78, 5) is 29.0. The quantitative estimate of drug-likeness (QED) is 0.399. The summed E-state index contributed by atoms with van der Waals surface area (Å²) in [5.74, 6) is 0.0771. The maximum atomic E-state index is 13.2. The van der Waals surface area contributed by atoms with Crippen molar-refractivity contribution in [1.29, 1.82) is 0 Å². The van der Waals surface area contributed by atoms with Crippen LogP contribution < -0.4 is 10.2 Å². The molecule has 8 nitrogen and oxygen atoms in total. The maximum Gasteiger partial charge on any atom is 0.423 e. The first-order chi connectivity index (χ1) is 17.6. The van der Waals surface area contributed by atoms with Crippen LogP contribution in [0.25, 0.3) is 0 Å². The Morgan fingerprint density at radius 3 is 2.27 bits per heavy atom. The van der Waals surface area contributed by atoms with Gasteiger partial charge in [0.05, 0.1) is 4.92 Å². The van der Waals surface area contributed by atoms with E-state index >= 15 is 0 Å². The standard InChI is InChI=1S/C25H29ClF3N5O3/c26-18-1-4-21(5-2-18)32-15-13-31(14-16-32)10-9-24(35)33-11-7-19(8-12-33)30-20-3-6-23(34(36)37)22(17-20)25(27,28)29/h1-6,17,19,30H,7-16H2. The highest BCUT2D eigenvalue weighted by Crippen LogP contribution is 2.38. The number of amides is 1. The van der Waals surface area contributed by atoms with Gasteiger partial charge in [-0.3, -0.25) is 19.8 Å². The Bertz CT molecular complexity index is 1100. The number of nitro benzene ring substituents is 1. The van der Waals surface area contributed by atoms with Crippen LogP contribution in [0.2, 0.25) is 5.02 Å². The highest BCUT2D eigenvalue weighted by atomic mass is 35.5. The molecule has 2 aromatic carbocycles. The Morgan fingerprint density at radius 1 is 1.03 bits per heavy atom. The second-order valence-corrected chi connectivity index (χ2v) is 9.78. The third-order valence-electron chi connectivity index (χ3n) is 6.92. The third kappa shape index (κ3) is 7.04. The van der Waals surface area contributed by atoms with Gasteiger partial charge >= 0.3 is 6.18 Å². The Morgan fingerprint density at radius 2 is 1.68 bits per heavy atom. The van der Waals surface area contributed by atoms with Crippen molar-refractivity contribution >= 4 is 34.6 Å². The van der Waals surface area contributed by atoms with Crippen LogP contribution in [0.4, 0.5) is 30.2 Å². The topological polar surface area (TPSA) is 82.0 Å². The zero-order valence-corrected chi connectivity index (χ0v) is 21.0. The Balaban J connectivity index is 1.20. The minimum atomic E-state index is -4.82. The number of likely N-dealkylation sites (tertiary alicyclic amines) is 1. The van der Waals surface area contributed by atoms with E-state index in [1.54, 1.807) is 4.90 Å². The van der Waals surface area contributed by atoms with Gasteiger partial charge in [0.25, 0.3) is 5.69 Å². The molecule has 1 N–H and O–H groups in total. The number of piperidine rings is 1. The number of rotatable bonds is 7. The molecule has 0 aliphatic carbocycles. The van der Waals surface area contributed by atoms with Gasteiger partial charge < -0.3 is 15.1 Å². The fourth-order valence-electron chi connectivity index (χ4n) is 4.81. The van der Waals surface area contributed by atoms with Crippen molar-refractivity contribution in [2.24, 2.45) is 0 Å². The van der Waals surface area contributed by atoms with Crippen LogP contribution in [0.5, 0.6) is 0 Å². The largest absolute Gasteiger partial charge is 0.423 e. The number of alkyl halides is 3. The summed E-state index contributed by atoms with van der Waals surface area (Å²) in [5, 5.41) is 14.7. The second kappa shape index (κ2) is 11.6. The Hall–Kier alpha value is -3.05. The van der Waals surface area contributed by atoms with Gasteiger partial charge in [-0.1, -0.05) is 11.6 Å². The van der Waals surface area contributed by atoms with E-state index in [2.05, 4.69) is 15.1 Å². The molecule has 0 bridgehead atoms. The molecule has 0 saturated carbocycles. The van der Waals surface area contributed by atoms with Crippen molar-refractivity contribution < 1.29 is 22.9 Å². The van der Waals surface area contributed by atoms with Crippen LogP contribution in [0, 0.1) is 10.1 Å². The number of nitrogens with zero attached hydrogens (tertiary/aromatic N) is 4. The van der Waals surface area contributed by atoms with E-state index in [9.17, 15) is 28.1 Å². The summed E-state index contributed by atoms with van der Waals surface area (Å²) in [7, 11) is 0. The summed E-state index contributed by atoms with van der Waals surface area (Å²) in [6, 6.07) is 10.6. The van der Waals surface area contributed by atoms with Crippen LogP contribution in [0.15, 0.2) is 42.5 Å². The number of halogens is 4. The number of nitro groups is 1. The van der Waals surface area contributed by atoms with Gasteiger partial charge in [0.2, 0.25) is 5.91 Å². The second-order valence-electron chi connectivity index (χ2n) is 9.34. The van der Waals surface area contributed by atoms with E-state index in [0.29, 0.717) is 43.9 Å². The number of benzene rings is 2. The molecule has 0 spiro atoms. The van der Waals surface area contributed by atoms with Crippen LogP contribution in [-0.4, -0.2) is 72.5 Å². The molecule has 2 saturated heterocycles. The lowest BCUT2D eigenvalue weighted by atomic mass is 10.0. The van der Waals surface area contributed by atoms with Gasteiger partial charge in [-0.2, -0.15) is 13.2 Å². The molecule has 0 atom stereocenters. The smallest absolute Gasteiger partial charge is 0.382 e. The zero-order chi connectivity index (χ0) is 26.6. The van der Waals surface area contributed by atoms with Crippen molar-refractivity contribution in [2.45, 2.75) is 31.5 Å². The molecule has 1 amide bonds. The summed E-state index contributed by atoms with van der Waals surface area (Å²) in [6.07, 6.45) is -3.22. The lowest BCUT2D eigenvalue weighted by Crippen LogP contribution is -2.48. The highest BCUT2D eigenvalue weighted by molar-refractivity contribution is 6.30. The van der Waals surface area contributed by atoms with E-state index in [1.165, 1.54) is 6.07 Å². The van der Waals surface area contributed by atoms with Gasteiger partial charge in [0, 0.05) is 80.7 Å². The van der Waals surface area contributed by atoms with E-state index in [-0.39, 0.29) is 17.6 Å². The molecule has 4 rings (SSSR count). The molecule has 37 heavy (non-hydrogen) atoms. The van der Waals surface area contributed by atoms with Crippen LogP contribution >= 0.6 is 11.6 Å². The van der Waals surface area contributed by atoms with Crippen molar-refractivity contribution in [3.8, 4) is 0 Å². The first-order valence-electron chi connectivity index (χ1n) is 12.2. The van der Waals surface area contributed by atoms with E-state index in [0.717, 1.165) is 44.0 Å². The lowest BCUT2D eigenvalue weighted by molar-refractivity contribution is -0.388. The number of piperazine rings is 1. The summed E-state index contributed by atoms with van der Waals surface area (Å²) < 4.78 is 39.7. The molecule has 2 fully saturated rings. The lowest BCUT2D eigenvalue weighted by Gasteiger charge is -2.37. The Labute approximate surface area is 218 Å². The number of hydrogen-bond acceptors (Lipinski definition) is 6. The summed E-state index contributed by atoms with van der Waals surface area (Å²) in [6.45, 7) is 5.22. The summed E-state index contributed by atoms with van der Waals surface area (Å²) in [5.41, 5.74) is -0.922. The zero-order valence-electron chi connectivity index (χ0n) is 20.2. The van der Waals surface area contributed by atoms with Gasteiger partial charge in [0.15, 0.2) is 0 Å². The molecule has 200 valence electrons. The van der Waals surface area contributed by atoms with Gasteiger partial charge in [0.1, 0.15) is 5.56 Å². The number of anilines is 2. The first-order valence-corrected chi connectivity index (χ1v) is 12.6.